The summed E-state index contributed by atoms with van der Waals surface area (Å²) in [6.45, 7) is 4.28. The molecule has 0 spiro atoms. The van der Waals surface area contributed by atoms with Crippen LogP contribution in [-0.2, 0) is 0 Å². The van der Waals surface area contributed by atoms with Crippen molar-refractivity contribution in [2.45, 2.75) is 6.92 Å². The van der Waals surface area contributed by atoms with Gasteiger partial charge in [0.15, 0.2) is 0 Å². The van der Waals surface area contributed by atoms with E-state index in [1.165, 1.54) is 22.8 Å². The van der Waals surface area contributed by atoms with Gasteiger partial charge in [-0.1, -0.05) is 6.07 Å². The molecule has 0 bridgehead atoms. The molecule has 2 aromatic carbocycles. The molecular weight excluding hydrogens is 380 g/mol. The van der Waals surface area contributed by atoms with Gasteiger partial charge in [0, 0.05) is 37.8 Å². The van der Waals surface area contributed by atoms with Crippen molar-refractivity contribution in [3.63, 3.8) is 0 Å². The van der Waals surface area contributed by atoms with Gasteiger partial charge in [-0.25, -0.2) is 13.6 Å². The van der Waals surface area contributed by atoms with Crippen LogP contribution in [0.4, 0.5) is 14.5 Å². The van der Waals surface area contributed by atoms with Crippen molar-refractivity contribution >= 4 is 22.6 Å². The molecule has 1 aliphatic rings. The zero-order chi connectivity index (χ0) is 20.7. The highest BCUT2D eigenvalue weighted by Crippen LogP contribution is 2.28. The minimum absolute atomic E-state index is 0.0842. The van der Waals surface area contributed by atoms with Crippen molar-refractivity contribution < 1.29 is 18.7 Å². The lowest BCUT2D eigenvalue weighted by molar-refractivity contribution is 0.0695. The van der Waals surface area contributed by atoms with E-state index in [1.807, 2.05) is 4.90 Å². The molecule has 6 nitrogen and oxygen atoms in total. The van der Waals surface area contributed by atoms with Gasteiger partial charge in [0.05, 0.1) is 16.9 Å². The predicted molar refractivity (Wildman–Crippen MR) is 106 cm³/mol. The number of pyridine rings is 1. The first kappa shape index (κ1) is 19.1. The molecule has 150 valence electrons. The van der Waals surface area contributed by atoms with Crippen LogP contribution < -0.4 is 15.6 Å². The van der Waals surface area contributed by atoms with Gasteiger partial charge in [0.2, 0.25) is 5.43 Å². The van der Waals surface area contributed by atoms with Gasteiger partial charge in [-0.15, -0.1) is 0 Å². The van der Waals surface area contributed by atoms with Crippen LogP contribution in [0.3, 0.4) is 0 Å². The number of carbonyl (C=O) groups is 1. The van der Waals surface area contributed by atoms with Gasteiger partial charge in [0.25, 0.3) is 0 Å². The van der Waals surface area contributed by atoms with E-state index in [0.29, 0.717) is 37.4 Å². The minimum Gasteiger partial charge on any atom is -0.477 e. The fourth-order valence-corrected chi connectivity index (χ4v) is 3.64. The molecule has 29 heavy (non-hydrogen) atoms. The fourth-order valence-electron chi connectivity index (χ4n) is 3.64. The van der Waals surface area contributed by atoms with Crippen molar-refractivity contribution in [2.75, 3.05) is 31.1 Å². The van der Waals surface area contributed by atoms with Crippen LogP contribution >= 0.6 is 0 Å². The topological polar surface area (TPSA) is 74.6 Å². The first-order valence-electron chi connectivity index (χ1n) is 9.21. The molecule has 0 aliphatic carbocycles. The average molecular weight is 399 g/mol. The largest absolute Gasteiger partial charge is 0.477 e. The van der Waals surface area contributed by atoms with Crippen LogP contribution in [0.5, 0.6) is 0 Å². The number of rotatable bonds is 3. The maximum absolute atomic E-state index is 14.9. The molecule has 0 atom stereocenters. The second-order valence-electron chi connectivity index (χ2n) is 7.06. The summed E-state index contributed by atoms with van der Waals surface area (Å²) in [4.78, 5) is 26.1. The van der Waals surface area contributed by atoms with E-state index in [-0.39, 0.29) is 16.6 Å². The Bertz CT molecular complexity index is 1180. The SMILES string of the molecule is Cc1ccc(-n2cc(C(=O)O)c(=O)c3cc(F)c(N4CCNCC4)cc32)c(F)c1. The molecule has 0 radical (unpaired) electrons. The van der Waals surface area contributed by atoms with E-state index in [9.17, 15) is 23.5 Å². The number of fused-ring (bicyclic) bond motifs is 1. The molecule has 1 aromatic heterocycles. The number of aromatic nitrogens is 1. The number of hydrogen-bond acceptors (Lipinski definition) is 4. The molecule has 1 fully saturated rings. The van der Waals surface area contributed by atoms with E-state index in [1.54, 1.807) is 13.0 Å². The van der Waals surface area contributed by atoms with Crippen LogP contribution in [0.1, 0.15) is 15.9 Å². The number of carboxylic acid groups (broad SMARTS) is 1. The third-order valence-corrected chi connectivity index (χ3v) is 5.12. The van der Waals surface area contributed by atoms with E-state index >= 15 is 0 Å². The number of nitrogens with zero attached hydrogens (tertiary/aromatic N) is 2. The van der Waals surface area contributed by atoms with E-state index in [0.717, 1.165) is 12.3 Å². The van der Waals surface area contributed by atoms with Gasteiger partial charge >= 0.3 is 5.97 Å². The number of piperazine rings is 1. The number of hydrogen-bond donors (Lipinski definition) is 2. The third kappa shape index (κ3) is 3.36. The molecule has 2 heterocycles. The molecule has 0 saturated carbocycles. The lowest BCUT2D eigenvalue weighted by Crippen LogP contribution is -2.43. The number of aryl methyl sites for hydroxylation is 1. The van der Waals surface area contributed by atoms with Crippen molar-refractivity contribution in [1.82, 2.24) is 9.88 Å². The van der Waals surface area contributed by atoms with Crippen LogP contribution in [0.2, 0.25) is 0 Å². The minimum atomic E-state index is -1.45. The summed E-state index contributed by atoms with van der Waals surface area (Å²) in [5.41, 5.74) is -0.0298. The standard InChI is InChI=1S/C21H19F2N3O3/c1-12-2-3-17(15(22)8-12)26-11-14(21(28)29)20(27)13-9-16(23)19(10-18(13)26)25-6-4-24-5-7-25/h2-3,8-11,24H,4-7H2,1H3,(H,28,29). The Morgan fingerprint density at radius 2 is 1.76 bits per heavy atom. The van der Waals surface area contributed by atoms with E-state index in [4.69, 9.17) is 0 Å². The Kier molecular flexibility index (Phi) is 4.79. The summed E-state index contributed by atoms with van der Waals surface area (Å²) in [5.74, 6) is -2.64. The number of aromatic carboxylic acids is 1. The summed E-state index contributed by atoms with van der Waals surface area (Å²) in [5, 5.41) is 12.5. The highest BCUT2D eigenvalue weighted by atomic mass is 19.1. The Balaban J connectivity index is 2.05. The smallest absolute Gasteiger partial charge is 0.341 e. The van der Waals surface area contributed by atoms with E-state index < -0.39 is 28.6 Å². The number of benzene rings is 2. The van der Waals surface area contributed by atoms with Gasteiger partial charge in [-0.3, -0.25) is 4.79 Å². The van der Waals surface area contributed by atoms with Crippen molar-refractivity contribution in [2.24, 2.45) is 0 Å². The predicted octanol–water partition coefficient (Wildman–Crippen LogP) is 2.69. The first-order chi connectivity index (χ1) is 13.9. The maximum Gasteiger partial charge on any atom is 0.341 e. The third-order valence-electron chi connectivity index (χ3n) is 5.12. The second kappa shape index (κ2) is 7.29. The Labute approximate surface area is 165 Å². The average Bonchev–Trinajstić information content (AvgIpc) is 2.69. The molecule has 0 unspecified atom stereocenters. The van der Waals surface area contributed by atoms with Crippen molar-refractivity contribution in [1.29, 1.82) is 0 Å². The Hall–Kier alpha value is -3.26. The summed E-state index contributed by atoms with van der Waals surface area (Å²) >= 11 is 0. The van der Waals surface area contributed by atoms with Crippen LogP contribution in [0.25, 0.3) is 16.6 Å². The van der Waals surface area contributed by atoms with Gasteiger partial charge in [-0.2, -0.15) is 0 Å². The summed E-state index contributed by atoms with van der Waals surface area (Å²) in [6, 6.07) is 7.05. The molecule has 1 saturated heterocycles. The van der Waals surface area contributed by atoms with E-state index in [2.05, 4.69) is 5.32 Å². The van der Waals surface area contributed by atoms with Crippen LogP contribution in [0, 0.1) is 18.6 Å². The number of halogens is 2. The second-order valence-corrected chi connectivity index (χ2v) is 7.06. The molecule has 2 N–H and O–H groups in total. The fraction of sp³-hybridized carbons (Fsp3) is 0.238. The highest BCUT2D eigenvalue weighted by Gasteiger charge is 2.21. The zero-order valence-corrected chi connectivity index (χ0v) is 15.7. The van der Waals surface area contributed by atoms with Gasteiger partial charge in [0.1, 0.15) is 17.2 Å². The Morgan fingerprint density at radius 1 is 1.07 bits per heavy atom. The molecular formula is C21H19F2N3O3. The number of carboxylic acids is 1. The summed E-state index contributed by atoms with van der Waals surface area (Å²) in [6.07, 6.45) is 1.10. The molecule has 8 heteroatoms. The lowest BCUT2D eigenvalue weighted by Gasteiger charge is -2.30. The molecule has 3 aromatic rings. The number of nitrogens with one attached hydrogen (secondary N) is 1. The lowest BCUT2D eigenvalue weighted by atomic mass is 10.1. The quantitative estimate of drug-likeness (QED) is 0.709. The van der Waals surface area contributed by atoms with Crippen LogP contribution in [0.15, 0.2) is 41.3 Å². The highest BCUT2D eigenvalue weighted by molar-refractivity contribution is 5.94. The molecule has 0 amide bonds. The monoisotopic (exact) mass is 399 g/mol. The summed E-state index contributed by atoms with van der Waals surface area (Å²) in [7, 11) is 0. The first-order valence-corrected chi connectivity index (χ1v) is 9.21. The molecule has 1 aliphatic heterocycles. The van der Waals surface area contributed by atoms with Gasteiger partial charge < -0.3 is 19.9 Å². The normalized spacial score (nSPS) is 14.4. The Morgan fingerprint density at radius 3 is 2.41 bits per heavy atom. The van der Waals surface area contributed by atoms with Crippen LogP contribution in [-0.4, -0.2) is 41.8 Å². The summed E-state index contributed by atoms with van der Waals surface area (Å²) < 4.78 is 30.8. The molecule has 4 rings (SSSR count). The van der Waals surface area contributed by atoms with Crippen molar-refractivity contribution in [3.8, 4) is 5.69 Å². The maximum atomic E-state index is 14.9. The van der Waals surface area contributed by atoms with Crippen molar-refractivity contribution in [3.05, 3.63) is 69.5 Å². The number of anilines is 1. The van der Waals surface area contributed by atoms with Gasteiger partial charge in [-0.05, 0) is 36.8 Å². The zero-order valence-electron chi connectivity index (χ0n) is 15.7.